The molecule has 0 aromatic carbocycles. The van der Waals surface area contributed by atoms with Gasteiger partial charge < -0.3 is 5.11 Å². The van der Waals surface area contributed by atoms with Crippen LogP contribution in [0.2, 0.25) is 0 Å². The molecule has 0 saturated heterocycles. The van der Waals surface area contributed by atoms with Crippen LogP contribution < -0.4 is 0 Å². The van der Waals surface area contributed by atoms with Crippen molar-refractivity contribution >= 4 is 29.5 Å². The van der Waals surface area contributed by atoms with Crippen LogP contribution in [0.1, 0.15) is 32.1 Å². The first-order valence-electron chi connectivity index (χ1n) is 4.94. The lowest BCUT2D eigenvalue weighted by Crippen LogP contribution is -2.04. The van der Waals surface area contributed by atoms with Gasteiger partial charge in [0.2, 0.25) is 0 Å². The normalized spacial score (nSPS) is 12.7. The molecule has 0 aliphatic heterocycles. The quantitative estimate of drug-likeness (QED) is 0.624. The van der Waals surface area contributed by atoms with E-state index in [1.807, 2.05) is 23.5 Å². The number of thioether (sulfide) groups is 2. The molecule has 14 heavy (non-hydrogen) atoms. The third-order valence-electron chi connectivity index (χ3n) is 2.14. The van der Waals surface area contributed by atoms with Crippen LogP contribution in [0.15, 0.2) is 0 Å². The molecular formula is C10H20O2S2. The van der Waals surface area contributed by atoms with E-state index in [2.05, 4.69) is 12.5 Å². The first-order valence-corrected chi connectivity index (χ1v) is 7.62. The maximum Gasteiger partial charge on any atom is 0.303 e. The van der Waals surface area contributed by atoms with Gasteiger partial charge in [0.1, 0.15) is 0 Å². The Labute approximate surface area is 95.2 Å². The van der Waals surface area contributed by atoms with Crippen LogP contribution >= 0.6 is 23.5 Å². The molecule has 0 amide bonds. The van der Waals surface area contributed by atoms with E-state index in [9.17, 15) is 4.79 Å². The number of carbonyl (C=O) groups is 1. The van der Waals surface area contributed by atoms with Crippen LogP contribution in [0.5, 0.6) is 0 Å². The Morgan fingerprint density at radius 1 is 1.29 bits per heavy atom. The third kappa shape index (κ3) is 8.75. The van der Waals surface area contributed by atoms with Gasteiger partial charge in [-0.1, -0.05) is 6.42 Å². The van der Waals surface area contributed by atoms with Gasteiger partial charge in [-0.3, -0.25) is 4.79 Å². The van der Waals surface area contributed by atoms with Crippen molar-refractivity contribution in [2.45, 2.75) is 37.4 Å². The minimum absolute atomic E-state index is 0.323. The number of rotatable bonds is 9. The highest BCUT2D eigenvalue weighted by atomic mass is 32.2. The molecule has 0 saturated carbocycles. The van der Waals surface area contributed by atoms with Gasteiger partial charge in [-0.05, 0) is 37.5 Å². The zero-order valence-corrected chi connectivity index (χ0v) is 10.6. The van der Waals surface area contributed by atoms with Gasteiger partial charge in [0.25, 0.3) is 0 Å². The molecule has 1 atom stereocenters. The van der Waals surface area contributed by atoms with E-state index < -0.39 is 5.97 Å². The molecular weight excluding hydrogens is 216 g/mol. The Kier molecular flexibility index (Phi) is 9.83. The molecule has 0 fully saturated rings. The maximum atomic E-state index is 10.3. The minimum Gasteiger partial charge on any atom is -0.481 e. The zero-order valence-electron chi connectivity index (χ0n) is 8.99. The third-order valence-corrected chi connectivity index (χ3v) is 3.93. The Morgan fingerprint density at radius 3 is 2.50 bits per heavy atom. The molecule has 0 bridgehead atoms. The fourth-order valence-corrected chi connectivity index (χ4v) is 2.70. The lowest BCUT2D eigenvalue weighted by Gasteiger charge is -2.12. The number of carboxylic acid groups (broad SMARTS) is 1. The molecule has 0 rings (SSSR count). The number of unbranched alkanes of at least 4 members (excludes halogenated alkanes) is 1. The van der Waals surface area contributed by atoms with Crippen molar-refractivity contribution in [3.8, 4) is 0 Å². The molecule has 84 valence electrons. The van der Waals surface area contributed by atoms with Crippen LogP contribution in [0.3, 0.4) is 0 Å². The second-order valence-corrected chi connectivity index (χ2v) is 5.40. The minimum atomic E-state index is -0.671. The lowest BCUT2D eigenvalue weighted by atomic mass is 10.1. The average molecular weight is 236 g/mol. The fraction of sp³-hybridized carbons (Fsp3) is 0.900. The summed E-state index contributed by atoms with van der Waals surface area (Å²) >= 11 is 3.79. The monoisotopic (exact) mass is 236 g/mol. The number of carboxylic acids is 1. The van der Waals surface area contributed by atoms with Crippen LogP contribution in [0, 0.1) is 0 Å². The molecule has 1 unspecified atom stereocenters. The molecule has 2 nitrogen and oxygen atoms in total. The second-order valence-electron chi connectivity index (χ2n) is 3.28. The molecule has 0 spiro atoms. The van der Waals surface area contributed by atoms with Crippen LogP contribution in [0.4, 0.5) is 0 Å². The standard InChI is InChI=1S/C10H20O2S2/c1-13-8-7-9(14-2)5-3-4-6-10(11)12/h9H,3-8H2,1-2H3,(H,11,12). The Morgan fingerprint density at radius 2 is 2.00 bits per heavy atom. The van der Waals surface area contributed by atoms with E-state index >= 15 is 0 Å². The van der Waals surface area contributed by atoms with Crippen molar-refractivity contribution in [2.75, 3.05) is 18.3 Å². The molecule has 0 heterocycles. The number of aliphatic carboxylic acids is 1. The lowest BCUT2D eigenvalue weighted by molar-refractivity contribution is -0.137. The fourth-order valence-electron chi connectivity index (χ4n) is 1.28. The van der Waals surface area contributed by atoms with Crippen LogP contribution in [0.25, 0.3) is 0 Å². The van der Waals surface area contributed by atoms with Gasteiger partial charge in [-0.15, -0.1) is 0 Å². The van der Waals surface area contributed by atoms with Crippen molar-refractivity contribution < 1.29 is 9.90 Å². The smallest absolute Gasteiger partial charge is 0.303 e. The van der Waals surface area contributed by atoms with Crippen molar-refractivity contribution in [3.05, 3.63) is 0 Å². The van der Waals surface area contributed by atoms with Crippen molar-refractivity contribution in [1.29, 1.82) is 0 Å². The van der Waals surface area contributed by atoms with E-state index in [4.69, 9.17) is 5.11 Å². The van der Waals surface area contributed by atoms with E-state index in [1.165, 1.54) is 12.2 Å². The molecule has 0 aromatic rings. The first kappa shape index (κ1) is 14.2. The Hall–Kier alpha value is 0.170. The summed E-state index contributed by atoms with van der Waals surface area (Å²) in [6.45, 7) is 0. The summed E-state index contributed by atoms with van der Waals surface area (Å²) < 4.78 is 0. The summed E-state index contributed by atoms with van der Waals surface area (Å²) in [4.78, 5) is 10.3. The summed E-state index contributed by atoms with van der Waals surface area (Å²) in [7, 11) is 0. The average Bonchev–Trinajstić information content (AvgIpc) is 2.16. The van der Waals surface area contributed by atoms with Crippen LogP contribution in [-0.2, 0) is 4.79 Å². The summed E-state index contributed by atoms with van der Waals surface area (Å²) in [5, 5.41) is 9.19. The van der Waals surface area contributed by atoms with Gasteiger partial charge in [0, 0.05) is 11.7 Å². The van der Waals surface area contributed by atoms with Crippen molar-refractivity contribution in [1.82, 2.24) is 0 Å². The molecule has 0 radical (unpaired) electrons. The molecule has 0 aliphatic carbocycles. The van der Waals surface area contributed by atoms with Gasteiger partial charge in [0.15, 0.2) is 0 Å². The SMILES string of the molecule is CSCCC(CCCCC(=O)O)SC. The highest BCUT2D eigenvalue weighted by Crippen LogP contribution is 2.20. The number of hydrogen-bond acceptors (Lipinski definition) is 3. The van der Waals surface area contributed by atoms with Gasteiger partial charge in [-0.25, -0.2) is 0 Å². The van der Waals surface area contributed by atoms with Crippen molar-refractivity contribution in [3.63, 3.8) is 0 Å². The number of hydrogen-bond donors (Lipinski definition) is 1. The summed E-state index contributed by atoms with van der Waals surface area (Å²) in [5.74, 6) is 0.541. The zero-order chi connectivity index (χ0) is 10.8. The van der Waals surface area contributed by atoms with E-state index in [-0.39, 0.29) is 0 Å². The maximum absolute atomic E-state index is 10.3. The molecule has 0 aliphatic rings. The predicted molar refractivity (Wildman–Crippen MR) is 66.4 cm³/mol. The Bertz CT molecular complexity index is 151. The molecule has 4 heteroatoms. The predicted octanol–water partition coefficient (Wildman–Crippen LogP) is 3.12. The summed E-state index contributed by atoms with van der Waals surface area (Å²) in [6, 6.07) is 0. The first-order chi connectivity index (χ1) is 6.70. The van der Waals surface area contributed by atoms with Gasteiger partial charge in [0.05, 0.1) is 0 Å². The van der Waals surface area contributed by atoms with Crippen molar-refractivity contribution in [2.24, 2.45) is 0 Å². The molecule has 1 N–H and O–H groups in total. The largest absolute Gasteiger partial charge is 0.481 e. The van der Waals surface area contributed by atoms with Crippen LogP contribution in [-0.4, -0.2) is 34.6 Å². The van der Waals surface area contributed by atoms with E-state index in [0.29, 0.717) is 6.42 Å². The second kappa shape index (κ2) is 9.71. The summed E-state index contributed by atoms with van der Waals surface area (Å²) in [6.07, 6.45) is 8.87. The van der Waals surface area contributed by atoms with Gasteiger partial charge in [-0.2, -0.15) is 23.5 Å². The highest BCUT2D eigenvalue weighted by molar-refractivity contribution is 7.99. The van der Waals surface area contributed by atoms with E-state index in [0.717, 1.165) is 24.5 Å². The topological polar surface area (TPSA) is 37.3 Å². The Balaban J connectivity index is 3.37. The van der Waals surface area contributed by atoms with E-state index in [1.54, 1.807) is 0 Å². The summed E-state index contributed by atoms with van der Waals surface area (Å²) in [5.41, 5.74) is 0. The van der Waals surface area contributed by atoms with Gasteiger partial charge >= 0.3 is 5.97 Å². The molecule has 0 aromatic heterocycles. The highest BCUT2D eigenvalue weighted by Gasteiger charge is 2.06.